The van der Waals surface area contributed by atoms with Crippen molar-refractivity contribution in [1.82, 2.24) is 10.2 Å². The topological polar surface area (TPSA) is 94.2 Å². The van der Waals surface area contributed by atoms with Crippen LogP contribution >= 0.6 is 0 Å². The van der Waals surface area contributed by atoms with E-state index in [2.05, 4.69) is 5.32 Å². The summed E-state index contributed by atoms with van der Waals surface area (Å²) in [7, 11) is -2.27. The molecular formula is C19H30N2O6S. The van der Waals surface area contributed by atoms with E-state index in [0.717, 1.165) is 24.7 Å². The van der Waals surface area contributed by atoms with Gasteiger partial charge in [0.15, 0.2) is 11.5 Å². The van der Waals surface area contributed by atoms with Gasteiger partial charge < -0.3 is 23.9 Å². The van der Waals surface area contributed by atoms with Gasteiger partial charge in [-0.05, 0) is 51.3 Å². The molecule has 1 aromatic carbocycles. The van der Waals surface area contributed by atoms with Crippen LogP contribution in [-0.4, -0.2) is 57.5 Å². The van der Waals surface area contributed by atoms with Crippen LogP contribution in [-0.2, 0) is 21.4 Å². The van der Waals surface area contributed by atoms with Gasteiger partial charge in [-0.25, -0.2) is 4.79 Å². The highest BCUT2D eigenvalue weighted by Crippen LogP contribution is 2.30. The number of nitrogens with one attached hydrogen (secondary N) is 1. The largest absolute Gasteiger partial charge is 0.493 e. The van der Waals surface area contributed by atoms with Crippen molar-refractivity contribution in [2.75, 3.05) is 26.5 Å². The number of carbonyl (C=O) groups is 1. The van der Waals surface area contributed by atoms with Crippen LogP contribution in [0, 0.1) is 0 Å². The molecule has 0 radical (unpaired) electrons. The minimum absolute atomic E-state index is 0.00398. The van der Waals surface area contributed by atoms with Gasteiger partial charge in [-0.15, -0.1) is 0 Å². The molecule has 28 heavy (non-hydrogen) atoms. The van der Waals surface area contributed by atoms with Gasteiger partial charge >= 0.3 is 16.1 Å². The lowest BCUT2D eigenvalue weighted by Crippen LogP contribution is -2.50. The Hall–Kier alpha value is -2.00. The molecule has 1 atom stereocenters. The number of carbonyl (C=O) groups excluding carboxylic acids is 1. The van der Waals surface area contributed by atoms with E-state index in [-0.39, 0.29) is 30.0 Å². The zero-order chi connectivity index (χ0) is 20.9. The summed E-state index contributed by atoms with van der Waals surface area (Å²) in [5, 5.41) is 2.97. The molecule has 1 aliphatic rings. The van der Waals surface area contributed by atoms with Gasteiger partial charge in [-0.3, -0.25) is 0 Å². The van der Waals surface area contributed by atoms with E-state index >= 15 is 0 Å². The van der Waals surface area contributed by atoms with Gasteiger partial charge in [0.1, 0.15) is 0 Å². The average molecular weight is 415 g/mol. The Labute approximate surface area is 167 Å². The molecule has 0 unspecified atom stereocenters. The van der Waals surface area contributed by atoms with Gasteiger partial charge in [-0.1, -0.05) is 6.07 Å². The Morgan fingerprint density at radius 2 is 2.04 bits per heavy atom. The van der Waals surface area contributed by atoms with Gasteiger partial charge in [-0.2, -0.15) is 8.42 Å². The van der Waals surface area contributed by atoms with Crippen LogP contribution in [0.4, 0.5) is 4.79 Å². The molecule has 1 saturated heterocycles. The summed E-state index contributed by atoms with van der Waals surface area (Å²) >= 11 is 0. The van der Waals surface area contributed by atoms with Crippen molar-refractivity contribution in [3.05, 3.63) is 23.8 Å². The second kappa shape index (κ2) is 9.00. The molecule has 8 nitrogen and oxygen atoms in total. The molecule has 1 N–H and O–H groups in total. The second-order valence-electron chi connectivity index (χ2n) is 7.97. The highest BCUT2D eigenvalue weighted by Gasteiger charge is 2.25. The lowest BCUT2D eigenvalue weighted by molar-refractivity contribution is 0.0782. The summed E-state index contributed by atoms with van der Waals surface area (Å²) in [6, 6.07) is 4.78. The number of ether oxygens (including phenoxy) is 2. The monoisotopic (exact) mass is 414 g/mol. The van der Waals surface area contributed by atoms with E-state index < -0.39 is 10.1 Å². The first-order valence-electron chi connectivity index (χ1n) is 9.22. The van der Waals surface area contributed by atoms with Crippen molar-refractivity contribution < 1.29 is 26.9 Å². The quantitative estimate of drug-likeness (QED) is 0.689. The number of hydrogen-bond acceptors (Lipinski definition) is 6. The summed E-state index contributed by atoms with van der Waals surface area (Å²) in [5.74, 6) is 0.398. The molecule has 1 aliphatic heterocycles. The van der Waals surface area contributed by atoms with E-state index in [1.165, 1.54) is 7.11 Å². The molecule has 2 rings (SSSR count). The number of hydrogen-bond donors (Lipinski definition) is 1. The maximum absolute atomic E-state index is 12.8. The first-order chi connectivity index (χ1) is 13.0. The zero-order valence-corrected chi connectivity index (χ0v) is 18.0. The third-order valence-electron chi connectivity index (χ3n) is 4.06. The van der Waals surface area contributed by atoms with E-state index in [9.17, 15) is 13.2 Å². The summed E-state index contributed by atoms with van der Waals surface area (Å²) < 4.78 is 38.9. The fourth-order valence-electron chi connectivity index (χ4n) is 2.92. The van der Waals surface area contributed by atoms with Gasteiger partial charge in [0, 0.05) is 25.2 Å². The SMILES string of the molecule is COc1ccc(CN(C[C@@H]2CCCO2)C(=O)NC(C)(C)C)cc1OS(C)(=O)=O. The van der Waals surface area contributed by atoms with Crippen molar-refractivity contribution in [2.24, 2.45) is 0 Å². The Morgan fingerprint density at radius 1 is 1.32 bits per heavy atom. The van der Waals surface area contributed by atoms with Crippen LogP contribution in [0.2, 0.25) is 0 Å². The van der Waals surface area contributed by atoms with Crippen LogP contribution in [0.3, 0.4) is 0 Å². The number of benzene rings is 1. The highest BCUT2D eigenvalue weighted by molar-refractivity contribution is 7.86. The fourth-order valence-corrected chi connectivity index (χ4v) is 3.38. The lowest BCUT2D eigenvalue weighted by Gasteiger charge is -2.30. The average Bonchev–Trinajstić information content (AvgIpc) is 3.04. The molecule has 1 aromatic rings. The maximum Gasteiger partial charge on any atom is 0.318 e. The number of nitrogens with zero attached hydrogens (tertiary/aromatic N) is 1. The maximum atomic E-state index is 12.8. The van der Waals surface area contributed by atoms with Crippen LogP contribution in [0.1, 0.15) is 39.2 Å². The summed E-state index contributed by atoms with van der Waals surface area (Å²) in [6.45, 7) is 7.19. The van der Waals surface area contributed by atoms with E-state index in [0.29, 0.717) is 18.9 Å². The highest BCUT2D eigenvalue weighted by atomic mass is 32.2. The Kier molecular flexibility index (Phi) is 7.16. The fraction of sp³-hybridized carbons (Fsp3) is 0.632. The lowest BCUT2D eigenvalue weighted by atomic mass is 10.1. The normalized spacial score (nSPS) is 17.2. The molecule has 9 heteroatoms. The Balaban J connectivity index is 2.23. The predicted molar refractivity (Wildman–Crippen MR) is 106 cm³/mol. The third-order valence-corrected chi connectivity index (χ3v) is 4.54. The van der Waals surface area contributed by atoms with Crippen LogP contribution < -0.4 is 14.2 Å². The van der Waals surface area contributed by atoms with Crippen molar-refractivity contribution in [3.8, 4) is 11.5 Å². The predicted octanol–water partition coefficient (Wildman–Crippen LogP) is 2.52. The molecule has 1 heterocycles. The summed E-state index contributed by atoms with van der Waals surface area (Å²) in [4.78, 5) is 14.5. The first kappa shape index (κ1) is 22.3. The number of rotatable bonds is 7. The van der Waals surface area contributed by atoms with Gasteiger partial charge in [0.2, 0.25) is 0 Å². The van der Waals surface area contributed by atoms with Crippen molar-refractivity contribution in [3.63, 3.8) is 0 Å². The molecule has 0 spiro atoms. The molecule has 2 amide bonds. The van der Waals surface area contributed by atoms with Crippen LogP contribution in [0.25, 0.3) is 0 Å². The first-order valence-corrected chi connectivity index (χ1v) is 11.0. The second-order valence-corrected chi connectivity index (χ2v) is 9.54. The molecule has 0 aliphatic carbocycles. The third kappa shape index (κ3) is 7.20. The molecule has 0 aromatic heterocycles. The van der Waals surface area contributed by atoms with E-state index in [1.807, 2.05) is 20.8 Å². The molecule has 1 fully saturated rings. The Morgan fingerprint density at radius 3 is 2.57 bits per heavy atom. The van der Waals surface area contributed by atoms with Crippen LogP contribution in [0.5, 0.6) is 11.5 Å². The molecular weight excluding hydrogens is 384 g/mol. The summed E-state index contributed by atoms with van der Waals surface area (Å²) in [6.07, 6.45) is 2.86. The molecule has 0 saturated carbocycles. The van der Waals surface area contributed by atoms with E-state index in [4.69, 9.17) is 13.7 Å². The van der Waals surface area contributed by atoms with Gasteiger partial charge in [0.25, 0.3) is 0 Å². The number of methoxy groups -OCH3 is 1. The van der Waals surface area contributed by atoms with Gasteiger partial charge in [0.05, 0.1) is 19.5 Å². The smallest absolute Gasteiger partial charge is 0.318 e. The van der Waals surface area contributed by atoms with Crippen molar-refractivity contribution >= 4 is 16.1 Å². The molecule has 0 bridgehead atoms. The standard InChI is InChI=1S/C19H30N2O6S/c1-19(2,3)20-18(22)21(13-15-7-6-10-26-15)12-14-8-9-16(25-4)17(11-14)27-28(5,23)24/h8-9,11,15H,6-7,10,12-13H2,1-5H3,(H,20,22)/t15-/m0/s1. The van der Waals surface area contributed by atoms with Crippen molar-refractivity contribution in [1.29, 1.82) is 0 Å². The summed E-state index contributed by atoms with van der Waals surface area (Å²) in [5.41, 5.74) is 0.345. The van der Waals surface area contributed by atoms with Crippen LogP contribution in [0.15, 0.2) is 18.2 Å². The zero-order valence-electron chi connectivity index (χ0n) is 17.1. The van der Waals surface area contributed by atoms with E-state index in [1.54, 1.807) is 23.1 Å². The van der Waals surface area contributed by atoms with Crippen molar-refractivity contribution in [2.45, 2.75) is 51.8 Å². The molecule has 158 valence electrons. The number of amides is 2. The Bertz CT molecular complexity index is 782. The minimum atomic E-state index is -3.71. The minimum Gasteiger partial charge on any atom is -0.493 e. The number of urea groups is 1.